The molecule has 0 bridgehead atoms. The fourth-order valence-corrected chi connectivity index (χ4v) is 1.77. The smallest absolute Gasteiger partial charge is 0.249 e. The van der Waals surface area contributed by atoms with Crippen molar-refractivity contribution in [2.24, 2.45) is 5.41 Å². The molecule has 1 unspecified atom stereocenters. The minimum atomic E-state index is -1.14. The summed E-state index contributed by atoms with van der Waals surface area (Å²) in [5, 5.41) is 15.2. The van der Waals surface area contributed by atoms with Gasteiger partial charge in [-0.25, -0.2) is 0 Å². The lowest BCUT2D eigenvalue weighted by Gasteiger charge is -2.28. The highest BCUT2D eigenvalue weighted by atomic mass is 32.2. The Morgan fingerprint density at radius 1 is 1.35 bits per heavy atom. The van der Waals surface area contributed by atoms with Crippen molar-refractivity contribution in [3.8, 4) is 0 Å². The maximum atomic E-state index is 11.4. The van der Waals surface area contributed by atoms with Gasteiger partial charge in [0, 0.05) is 37.8 Å². The van der Waals surface area contributed by atoms with Gasteiger partial charge >= 0.3 is 0 Å². The Balaban J connectivity index is -0.000000418. The van der Waals surface area contributed by atoms with Crippen LogP contribution in [0.4, 0.5) is 0 Å². The monoisotopic (exact) mass is 352 g/mol. The quantitative estimate of drug-likeness (QED) is 0.406. The van der Waals surface area contributed by atoms with Crippen LogP contribution in [0.2, 0.25) is 0 Å². The van der Waals surface area contributed by atoms with Crippen molar-refractivity contribution in [1.82, 2.24) is 10.6 Å². The number of rotatable bonds is 10. The molecule has 0 heterocycles. The van der Waals surface area contributed by atoms with E-state index < -0.39 is 17.4 Å². The number of nitrogens with one attached hydrogen (secondary N) is 2. The van der Waals surface area contributed by atoms with Crippen molar-refractivity contribution in [3.05, 3.63) is 0 Å². The van der Waals surface area contributed by atoms with Crippen LogP contribution < -0.4 is 10.6 Å². The van der Waals surface area contributed by atoms with Gasteiger partial charge in [0.25, 0.3) is 0 Å². The van der Waals surface area contributed by atoms with E-state index in [2.05, 4.69) is 16.9 Å². The van der Waals surface area contributed by atoms with E-state index in [1.807, 2.05) is 32.7 Å². The minimum Gasteiger partial charge on any atom is -0.384 e. The summed E-state index contributed by atoms with van der Waals surface area (Å²) in [6.07, 6.45) is 1.94. The van der Waals surface area contributed by atoms with Crippen molar-refractivity contribution < 1.29 is 19.4 Å². The molecule has 0 aliphatic heterocycles. The lowest BCUT2D eigenvalue weighted by atomic mass is 9.87. The summed E-state index contributed by atoms with van der Waals surface area (Å²) in [6, 6.07) is 0. The second-order valence-corrected chi connectivity index (χ2v) is 6.15. The van der Waals surface area contributed by atoms with Crippen LogP contribution >= 0.6 is 11.8 Å². The Bertz CT molecular complexity index is 273. The highest BCUT2D eigenvalue weighted by molar-refractivity contribution is 7.98. The van der Waals surface area contributed by atoms with E-state index in [0.717, 1.165) is 6.54 Å². The maximum absolute atomic E-state index is 11.4. The van der Waals surface area contributed by atoms with Gasteiger partial charge in [-0.05, 0) is 13.3 Å². The molecule has 0 rings (SSSR count). The number of carbonyl (C=O) groups excluding carboxylic acids is 2. The van der Waals surface area contributed by atoms with E-state index in [-0.39, 0.29) is 19.6 Å². The fourth-order valence-electron chi connectivity index (χ4n) is 1.36. The molecule has 0 aliphatic carbocycles. The zero-order valence-corrected chi connectivity index (χ0v) is 16.6. The normalized spacial score (nSPS) is 11.3. The molecule has 23 heavy (non-hydrogen) atoms. The molecule has 0 fully saturated rings. The van der Waals surface area contributed by atoms with Crippen molar-refractivity contribution >= 4 is 24.0 Å². The first-order chi connectivity index (χ1) is 10.9. The van der Waals surface area contributed by atoms with Crippen LogP contribution in [0.1, 0.15) is 34.1 Å². The number of ether oxygens (including phenoxy) is 1. The first kappa shape index (κ1) is 27.2. The number of hydrogen-bond donors (Lipinski definition) is 3. The van der Waals surface area contributed by atoms with Gasteiger partial charge in [0.2, 0.25) is 5.91 Å². The summed E-state index contributed by atoms with van der Waals surface area (Å²) in [4.78, 5) is 21.4. The first-order valence-electron chi connectivity index (χ1n) is 7.89. The van der Waals surface area contributed by atoms with Crippen LogP contribution in [0.5, 0.6) is 0 Å². The highest BCUT2D eigenvalue weighted by Gasteiger charge is 2.33. The predicted octanol–water partition coefficient (Wildman–Crippen LogP) is 1.32. The van der Waals surface area contributed by atoms with Gasteiger partial charge in [0.1, 0.15) is 12.4 Å². The third kappa shape index (κ3) is 17.6. The van der Waals surface area contributed by atoms with Crippen LogP contribution in [0.3, 0.4) is 0 Å². The van der Waals surface area contributed by atoms with Gasteiger partial charge < -0.3 is 25.3 Å². The number of carbonyl (C=O) groups is 2. The molecule has 3 N–H and O–H groups in total. The van der Waals surface area contributed by atoms with Crippen molar-refractivity contribution in [2.75, 3.05) is 45.9 Å². The molecule has 0 aliphatic rings. The summed E-state index contributed by atoms with van der Waals surface area (Å²) in [5.41, 5.74) is -0.639. The molecule has 140 valence electrons. The Morgan fingerprint density at radius 3 is 2.26 bits per heavy atom. The maximum Gasteiger partial charge on any atom is 0.249 e. The molecule has 6 nitrogen and oxygen atoms in total. The zero-order valence-electron chi connectivity index (χ0n) is 15.8. The molecule has 1 amide bonds. The largest absolute Gasteiger partial charge is 0.384 e. The van der Waals surface area contributed by atoms with E-state index in [4.69, 9.17) is 4.74 Å². The standard InChI is InChI=1S/C10H19NO4.C4H11NS.C2H6/c1-10(2,7-15-3)8(13)9(14)11-5-4-6-12;1-5-3-4-6-2;1-2/h6,8,13H,4-5,7H2,1-3H3,(H,11,14);5H,3-4H2,1-2H3;1-2H3. The van der Waals surface area contributed by atoms with E-state index in [1.165, 1.54) is 12.9 Å². The van der Waals surface area contributed by atoms with E-state index >= 15 is 0 Å². The summed E-state index contributed by atoms with van der Waals surface area (Å²) in [5.74, 6) is 0.746. The number of aldehydes is 1. The van der Waals surface area contributed by atoms with Crippen LogP contribution in [0, 0.1) is 5.41 Å². The lowest BCUT2D eigenvalue weighted by molar-refractivity contribution is -0.137. The molecule has 0 spiro atoms. The Labute approximate surface area is 146 Å². The molecule has 0 saturated heterocycles. The number of amides is 1. The Hall–Kier alpha value is -0.630. The topological polar surface area (TPSA) is 87.7 Å². The third-order valence-corrected chi connectivity index (χ3v) is 3.23. The van der Waals surface area contributed by atoms with Crippen molar-refractivity contribution in [1.29, 1.82) is 0 Å². The number of hydrogen-bond acceptors (Lipinski definition) is 6. The van der Waals surface area contributed by atoms with Crippen molar-refractivity contribution in [3.63, 3.8) is 0 Å². The number of aliphatic hydroxyl groups excluding tert-OH is 1. The van der Waals surface area contributed by atoms with E-state index in [1.54, 1.807) is 13.8 Å². The average Bonchev–Trinajstić information content (AvgIpc) is 2.54. The molecule has 0 radical (unpaired) electrons. The molecule has 0 aromatic rings. The molecular formula is C16H36N2O4S. The number of thioether (sulfide) groups is 1. The number of aliphatic hydroxyl groups is 1. The molecule has 7 heteroatoms. The zero-order chi connectivity index (χ0) is 18.7. The van der Waals surface area contributed by atoms with Gasteiger partial charge in [0.05, 0.1) is 6.61 Å². The molecule has 1 atom stereocenters. The molecular weight excluding hydrogens is 316 g/mol. The Kier molecular flexibility index (Phi) is 23.0. The lowest BCUT2D eigenvalue weighted by Crippen LogP contribution is -2.46. The average molecular weight is 353 g/mol. The summed E-state index contributed by atoms with van der Waals surface area (Å²) in [7, 11) is 3.48. The summed E-state index contributed by atoms with van der Waals surface area (Å²) >= 11 is 1.86. The van der Waals surface area contributed by atoms with Gasteiger partial charge in [-0.1, -0.05) is 27.7 Å². The SMILES string of the molecule is CC.CNCCSC.COCC(C)(C)C(O)C(=O)NCCC=O. The number of methoxy groups -OCH3 is 1. The second-order valence-electron chi connectivity index (χ2n) is 5.17. The predicted molar refractivity (Wildman–Crippen MR) is 99.0 cm³/mol. The second kappa shape index (κ2) is 19.4. The highest BCUT2D eigenvalue weighted by Crippen LogP contribution is 2.20. The van der Waals surface area contributed by atoms with E-state index in [9.17, 15) is 14.7 Å². The van der Waals surface area contributed by atoms with E-state index in [0.29, 0.717) is 6.29 Å². The van der Waals surface area contributed by atoms with Crippen LogP contribution in [-0.4, -0.2) is 69.3 Å². The van der Waals surface area contributed by atoms with Crippen LogP contribution in [-0.2, 0) is 14.3 Å². The summed E-state index contributed by atoms with van der Waals surface area (Å²) < 4.78 is 4.91. The molecule has 0 aromatic heterocycles. The Morgan fingerprint density at radius 2 is 1.91 bits per heavy atom. The first-order valence-corrected chi connectivity index (χ1v) is 9.28. The molecule has 0 saturated carbocycles. The van der Waals surface area contributed by atoms with Gasteiger partial charge in [-0.2, -0.15) is 11.8 Å². The third-order valence-electron chi connectivity index (χ3n) is 2.62. The molecule has 0 aromatic carbocycles. The fraction of sp³-hybridized carbons (Fsp3) is 0.875. The minimum absolute atomic E-state index is 0.252. The van der Waals surface area contributed by atoms with Crippen molar-refractivity contribution in [2.45, 2.75) is 40.2 Å². The summed E-state index contributed by atoms with van der Waals surface area (Å²) in [6.45, 7) is 9.14. The van der Waals surface area contributed by atoms with Crippen LogP contribution in [0.25, 0.3) is 0 Å². The van der Waals surface area contributed by atoms with Gasteiger partial charge in [0.15, 0.2) is 0 Å². The van der Waals surface area contributed by atoms with Crippen LogP contribution in [0.15, 0.2) is 0 Å². The van der Waals surface area contributed by atoms with Gasteiger partial charge in [-0.3, -0.25) is 4.79 Å². The van der Waals surface area contributed by atoms with Gasteiger partial charge in [-0.15, -0.1) is 0 Å².